The first-order chi connectivity index (χ1) is 8.56. The highest BCUT2D eigenvalue weighted by Crippen LogP contribution is 2.06. The van der Waals surface area contributed by atoms with E-state index in [-0.39, 0.29) is 5.75 Å². The van der Waals surface area contributed by atoms with Gasteiger partial charge in [-0.15, -0.1) is 0 Å². The van der Waals surface area contributed by atoms with Crippen molar-refractivity contribution in [3.8, 4) is 0 Å². The first-order valence-electron chi connectivity index (χ1n) is 7.06. The van der Waals surface area contributed by atoms with Crippen LogP contribution in [0.5, 0.6) is 0 Å². The van der Waals surface area contributed by atoms with Crippen LogP contribution in [0.15, 0.2) is 0 Å². The number of ether oxygens (including phenoxy) is 1. The molecule has 0 saturated carbocycles. The van der Waals surface area contributed by atoms with Crippen molar-refractivity contribution < 1.29 is 13.2 Å². The highest BCUT2D eigenvalue weighted by molar-refractivity contribution is 8.13. The summed E-state index contributed by atoms with van der Waals surface area (Å²) in [6, 6.07) is 0. The van der Waals surface area contributed by atoms with Crippen molar-refractivity contribution in [2.24, 2.45) is 0 Å². The zero-order chi connectivity index (χ0) is 13.7. The third-order valence-corrected chi connectivity index (χ3v) is 4.06. The second-order valence-electron chi connectivity index (χ2n) is 4.68. The molecular formula is C13H27ClO3S. The minimum atomic E-state index is -3.31. The van der Waals surface area contributed by atoms with E-state index in [1.54, 1.807) is 0 Å². The van der Waals surface area contributed by atoms with E-state index in [9.17, 15) is 8.42 Å². The van der Waals surface area contributed by atoms with Crippen LogP contribution in [0.1, 0.15) is 64.7 Å². The lowest BCUT2D eigenvalue weighted by Crippen LogP contribution is -2.00. The van der Waals surface area contributed by atoms with Gasteiger partial charge in [0, 0.05) is 23.9 Å². The molecule has 0 atom stereocenters. The van der Waals surface area contributed by atoms with E-state index in [0.29, 0.717) is 6.42 Å². The van der Waals surface area contributed by atoms with Gasteiger partial charge in [0.15, 0.2) is 0 Å². The fourth-order valence-electron chi connectivity index (χ4n) is 1.74. The molecule has 0 aromatic rings. The molecule has 0 spiro atoms. The number of unbranched alkanes of at least 4 members (excludes halogenated alkanes) is 7. The minimum absolute atomic E-state index is 0.0754. The van der Waals surface area contributed by atoms with E-state index < -0.39 is 9.05 Å². The van der Waals surface area contributed by atoms with Gasteiger partial charge in [-0.1, -0.05) is 45.4 Å². The average molecular weight is 299 g/mol. The highest BCUT2D eigenvalue weighted by Gasteiger charge is 2.03. The fourth-order valence-corrected chi connectivity index (χ4v) is 2.62. The van der Waals surface area contributed by atoms with E-state index in [0.717, 1.165) is 32.5 Å². The van der Waals surface area contributed by atoms with Crippen LogP contribution in [0.3, 0.4) is 0 Å². The summed E-state index contributed by atoms with van der Waals surface area (Å²) < 4.78 is 26.8. The lowest BCUT2D eigenvalue weighted by molar-refractivity contribution is 0.126. The maximum Gasteiger partial charge on any atom is 0.232 e. The van der Waals surface area contributed by atoms with Gasteiger partial charge in [-0.2, -0.15) is 0 Å². The van der Waals surface area contributed by atoms with Crippen molar-refractivity contribution in [1.29, 1.82) is 0 Å². The molecular weight excluding hydrogens is 272 g/mol. The zero-order valence-corrected chi connectivity index (χ0v) is 13.1. The van der Waals surface area contributed by atoms with Crippen molar-refractivity contribution in [1.82, 2.24) is 0 Å². The Hall–Kier alpha value is 0.200. The Balaban J connectivity index is 3.03. The van der Waals surface area contributed by atoms with Gasteiger partial charge in [-0.05, 0) is 19.3 Å². The van der Waals surface area contributed by atoms with Crippen LogP contribution in [-0.2, 0) is 13.8 Å². The molecule has 18 heavy (non-hydrogen) atoms. The molecule has 0 aromatic carbocycles. The van der Waals surface area contributed by atoms with Gasteiger partial charge in [-0.3, -0.25) is 0 Å². The number of hydrogen-bond acceptors (Lipinski definition) is 3. The molecule has 0 aliphatic heterocycles. The molecule has 3 nitrogen and oxygen atoms in total. The molecule has 0 rings (SSSR count). The van der Waals surface area contributed by atoms with Crippen LogP contribution in [0.4, 0.5) is 0 Å². The summed E-state index contributed by atoms with van der Waals surface area (Å²) in [6.45, 7) is 3.79. The molecule has 0 aromatic heterocycles. The van der Waals surface area contributed by atoms with E-state index in [4.69, 9.17) is 15.4 Å². The molecule has 0 radical (unpaired) electrons. The molecule has 110 valence electrons. The molecule has 5 heteroatoms. The van der Waals surface area contributed by atoms with Crippen LogP contribution >= 0.6 is 10.7 Å². The van der Waals surface area contributed by atoms with E-state index in [1.807, 2.05) is 0 Å². The topological polar surface area (TPSA) is 43.4 Å². The second kappa shape index (κ2) is 12.2. The Morgan fingerprint density at radius 3 is 1.89 bits per heavy atom. The average Bonchev–Trinajstić information content (AvgIpc) is 2.29. The van der Waals surface area contributed by atoms with E-state index >= 15 is 0 Å². The van der Waals surface area contributed by atoms with Gasteiger partial charge in [-0.25, -0.2) is 8.42 Å². The molecule has 0 amide bonds. The van der Waals surface area contributed by atoms with Gasteiger partial charge in [0.05, 0.1) is 5.75 Å². The van der Waals surface area contributed by atoms with Crippen LogP contribution in [0.25, 0.3) is 0 Å². The lowest BCUT2D eigenvalue weighted by atomic mass is 10.1. The van der Waals surface area contributed by atoms with Crippen LogP contribution in [-0.4, -0.2) is 27.4 Å². The van der Waals surface area contributed by atoms with E-state index in [1.165, 1.54) is 32.1 Å². The summed E-state index contributed by atoms with van der Waals surface area (Å²) in [5.41, 5.74) is 0. The Kier molecular flexibility index (Phi) is 12.4. The summed E-state index contributed by atoms with van der Waals surface area (Å²) in [7, 11) is 1.80. The predicted octanol–water partition coefficient (Wildman–Crippen LogP) is 4.10. The van der Waals surface area contributed by atoms with Gasteiger partial charge >= 0.3 is 0 Å². The maximum atomic E-state index is 10.6. The first-order valence-corrected chi connectivity index (χ1v) is 9.54. The largest absolute Gasteiger partial charge is 0.381 e. The van der Waals surface area contributed by atoms with Crippen LogP contribution in [0, 0.1) is 0 Å². The number of rotatable bonds is 13. The third kappa shape index (κ3) is 16.2. The fraction of sp³-hybridized carbons (Fsp3) is 1.00. The summed E-state index contributed by atoms with van der Waals surface area (Å²) in [5, 5.41) is 0. The summed E-state index contributed by atoms with van der Waals surface area (Å²) >= 11 is 0. The molecule has 0 N–H and O–H groups in total. The highest BCUT2D eigenvalue weighted by atomic mass is 35.7. The molecule has 0 aliphatic carbocycles. The second-order valence-corrected chi connectivity index (χ2v) is 7.58. The van der Waals surface area contributed by atoms with Crippen molar-refractivity contribution in [2.75, 3.05) is 19.0 Å². The lowest BCUT2D eigenvalue weighted by Gasteiger charge is -2.04. The van der Waals surface area contributed by atoms with Gasteiger partial charge < -0.3 is 4.74 Å². The minimum Gasteiger partial charge on any atom is -0.381 e. The van der Waals surface area contributed by atoms with E-state index in [2.05, 4.69) is 6.92 Å². The quantitative estimate of drug-likeness (QED) is 0.380. The summed E-state index contributed by atoms with van der Waals surface area (Å²) in [6.07, 6.45) is 10.1. The first kappa shape index (κ1) is 18.2. The SMILES string of the molecule is CCCCCCCCOCCCCCS(=O)(=O)Cl. The Morgan fingerprint density at radius 1 is 0.833 bits per heavy atom. The smallest absolute Gasteiger partial charge is 0.232 e. The monoisotopic (exact) mass is 298 g/mol. The van der Waals surface area contributed by atoms with Crippen molar-refractivity contribution in [2.45, 2.75) is 64.7 Å². The van der Waals surface area contributed by atoms with Crippen molar-refractivity contribution in [3.05, 3.63) is 0 Å². The van der Waals surface area contributed by atoms with Gasteiger partial charge in [0.25, 0.3) is 0 Å². The maximum absolute atomic E-state index is 10.6. The Morgan fingerprint density at radius 2 is 1.33 bits per heavy atom. The van der Waals surface area contributed by atoms with Crippen LogP contribution < -0.4 is 0 Å². The third-order valence-electron chi connectivity index (χ3n) is 2.82. The van der Waals surface area contributed by atoms with Gasteiger partial charge in [0.2, 0.25) is 9.05 Å². The zero-order valence-electron chi connectivity index (χ0n) is 11.5. The summed E-state index contributed by atoms with van der Waals surface area (Å²) in [4.78, 5) is 0. The number of halogens is 1. The molecule has 0 fully saturated rings. The summed E-state index contributed by atoms with van der Waals surface area (Å²) in [5.74, 6) is 0.0754. The molecule has 0 unspecified atom stereocenters. The van der Waals surface area contributed by atoms with Gasteiger partial charge in [0.1, 0.15) is 0 Å². The predicted molar refractivity (Wildman–Crippen MR) is 77.7 cm³/mol. The molecule has 0 bridgehead atoms. The van der Waals surface area contributed by atoms with Crippen LogP contribution in [0.2, 0.25) is 0 Å². The van der Waals surface area contributed by atoms with Crippen molar-refractivity contribution >= 4 is 19.7 Å². The van der Waals surface area contributed by atoms with Crippen molar-refractivity contribution in [3.63, 3.8) is 0 Å². The number of hydrogen-bond donors (Lipinski definition) is 0. The Labute approximate surface area is 117 Å². The molecule has 0 saturated heterocycles. The normalized spacial score (nSPS) is 11.9. The standard InChI is InChI=1S/C13H27ClO3S/c1-2-3-4-5-6-8-11-17-12-9-7-10-13-18(14,15)16/h2-13H2,1H3. The Bertz CT molecular complexity index is 265. The molecule has 0 heterocycles. The molecule has 0 aliphatic rings.